The first-order valence-electron chi connectivity index (χ1n) is 6.41. The van der Waals surface area contributed by atoms with E-state index in [1.54, 1.807) is 0 Å². The van der Waals surface area contributed by atoms with Gasteiger partial charge in [-0.3, -0.25) is 4.40 Å². The van der Waals surface area contributed by atoms with Crippen molar-refractivity contribution in [1.82, 2.24) is 19.7 Å². The van der Waals surface area contributed by atoms with Gasteiger partial charge < -0.3 is 5.32 Å². The highest BCUT2D eigenvalue weighted by molar-refractivity contribution is 5.32. The fourth-order valence-corrected chi connectivity index (χ4v) is 2.47. The van der Waals surface area contributed by atoms with Crippen LogP contribution in [0.3, 0.4) is 0 Å². The summed E-state index contributed by atoms with van der Waals surface area (Å²) < 4.78 is 2.06. The molecule has 1 atom stereocenters. The Labute approximate surface area is 101 Å². The molecule has 0 amide bonds. The molecule has 1 N–H and O–H groups in total. The second-order valence-corrected chi connectivity index (χ2v) is 4.72. The molecule has 90 valence electrons. The average molecular weight is 230 g/mol. The first-order valence-corrected chi connectivity index (χ1v) is 6.41. The summed E-state index contributed by atoms with van der Waals surface area (Å²) in [5.41, 5.74) is 2.43. The predicted molar refractivity (Wildman–Crippen MR) is 67.2 cm³/mol. The van der Waals surface area contributed by atoms with Crippen molar-refractivity contribution in [3.05, 3.63) is 29.8 Å². The molecule has 0 aliphatic carbocycles. The third-order valence-corrected chi connectivity index (χ3v) is 3.51. The summed E-state index contributed by atoms with van der Waals surface area (Å²) in [6, 6.07) is 0. The fourth-order valence-electron chi connectivity index (χ4n) is 2.47. The summed E-state index contributed by atoms with van der Waals surface area (Å²) in [7, 11) is 0. The molecule has 0 radical (unpaired) electrons. The van der Waals surface area contributed by atoms with Crippen molar-refractivity contribution >= 4 is 5.78 Å². The molecule has 1 aliphatic heterocycles. The van der Waals surface area contributed by atoms with E-state index in [9.17, 15) is 0 Å². The Morgan fingerprint density at radius 2 is 2.41 bits per heavy atom. The Hall–Kier alpha value is -1.42. The van der Waals surface area contributed by atoms with Crippen LogP contribution in [-0.2, 0) is 6.42 Å². The number of hydrogen-bond acceptors (Lipinski definition) is 3. The molecular weight excluding hydrogens is 212 g/mol. The topological polar surface area (TPSA) is 42.2 Å². The SMILES string of the molecule is CCc1cn2cc(C3CCCNC3)cnc2n1. The molecule has 1 fully saturated rings. The normalized spacial score (nSPS) is 20.9. The van der Waals surface area contributed by atoms with Crippen LogP contribution in [0.15, 0.2) is 18.6 Å². The molecule has 1 unspecified atom stereocenters. The zero-order chi connectivity index (χ0) is 11.7. The van der Waals surface area contributed by atoms with Crippen LogP contribution in [0, 0.1) is 0 Å². The van der Waals surface area contributed by atoms with Gasteiger partial charge in [0.15, 0.2) is 0 Å². The van der Waals surface area contributed by atoms with E-state index in [0.717, 1.165) is 31.0 Å². The van der Waals surface area contributed by atoms with Crippen LogP contribution in [-0.4, -0.2) is 27.5 Å². The lowest BCUT2D eigenvalue weighted by Gasteiger charge is -2.22. The van der Waals surface area contributed by atoms with E-state index in [0.29, 0.717) is 5.92 Å². The van der Waals surface area contributed by atoms with Gasteiger partial charge in [0.05, 0.1) is 5.69 Å². The molecule has 1 aliphatic rings. The molecule has 0 spiro atoms. The van der Waals surface area contributed by atoms with Gasteiger partial charge in [0.2, 0.25) is 5.78 Å². The van der Waals surface area contributed by atoms with Gasteiger partial charge in [-0.25, -0.2) is 9.97 Å². The van der Waals surface area contributed by atoms with Crippen molar-refractivity contribution in [2.75, 3.05) is 13.1 Å². The molecule has 3 heterocycles. The van der Waals surface area contributed by atoms with Crippen LogP contribution in [0.5, 0.6) is 0 Å². The minimum atomic E-state index is 0.605. The van der Waals surface area contributed by atoms with Crippen LogP contribution < -0.4 is 5.32 Å². The Bertz CT molecular complexity index is 511. The highest BCUT2D eigenvalue weighted by Gasteiger charge is 2.16. The van der Waals surface area contributed by atoms with Gasteiger partial charge in [-0.15, -0.1) is 0 Å². The van der Waals surface area contributed by atoms with Crippen LogP contribution >= 0.6 is 0 Å². The highest BCUT2D eigenvalue weighted by atomic mass is 15.1. The van der Waals surface area contributed by atoms with Crippen molar-refractivity contribution < 1.29 is 0 Å². The van der Waals surface area contributed by atoms with Crippen LogP contribution in [0.1, 0.15) is 36.9 Å². The molecular formula is C13H18N4. The number of fused-ring (bicyclic) bond motifs is 1. The van der Waals surface area contributed by atoms with E-state index < -0.39 is 0 Å². The standard InChI is InChI=1S/C13H18N4/c1-2-12-9-17-8-11(7-15-13(17)16-12)10-4-3-5-14-6-10/h7-10,14H,2-6H2,1H3. The Kier molecular flexibility index (Phi) is 2.81. The molecule has 2 aromatic heterocycles. The molecule has 3 rings (SSSR count). The number of nitrogens with zero attached hydrogens (tertiary/aromatic N) is 3. The first-order chi connectivity index (χ1) is 8.36. The van der Waals surface area contributed by atoms with Crippen molar-refractivity contribution in [2.24, 2.45) is 0 Å². The van der Waals surface area contributed by atoms with Crippen molar-refractivity contribution in [3.8, 4) is 0 Å². The van der Waals surface area contributed by atoms with Gasteiger partial charge in [-0.2, -0.15) is 0 Å². The zero-order valence-electron chi connectivity index (χ0n) is 10.2. The van der Waals surface area contributed by atoms with Gasteiger partial charge in [-0.05, 0) is 37.3 Å². The second-order valence-electron chi connectivity index (χ2n) is 4.72. The molecule has 17 heavy (non-hydrogen) atoms. The van der Waals surface area contributed by atoms with E-state index in [1.807, 2.05) is 6.20 Å². The van der Waals surface area contributed by atoms with Gasteiger partial charge >= 0.3 is 0 Å². The lowest BCUT2D eigenvalue weighted by atomic mass is 9.94. The van der Waals surface area contributed by atoms with Crippen LogP contribution in [0.2, 0.25) is 0 Å². The van der Waals surface area contributed by atoms with Gasteiger partial charge in [0.25, 0.3) is 0 Å². The molecule has 0 aromatic carbocycles. The predicted octanol–water partition coefficient (Wildman–Crippen LogP) is 1.76. The number of piperidine rings is 1. The summed E-state index contributed by atoms with van der Waals surface area (Å²) in [6.07, 6.45) is 9.74. The van der Waals surface area contributed by atoms with Gasteiger partial charge in [0.1, 0.15) is 0 Å². The fraction of sp³-hybridized carbons (Fsp3) is 0.538. The highest BCUT2D eigenvalue weighted by Crippen LogP contribution is 2.22. The third kappa shape index (κ3) is 2.05. The lowest BCUT2D eigenvalue weighted by molar-refractivity contribution is 0.460. The smallest absolute Gasteiger partial charge is 0.233 e. The van der Waals surface area contributed by atoms with E-state index in [4.69, 9.17) is 0 Å². The Morgan fingerprint density at radius 1 is 1.47 bits per heavy atom. The summed E-state index contributed by atoms with van der Waals surface area (Å²) in [6.45, 7) is 4.34. The zero-order valence-corrected chi connectivity index (χ0v) is 10.2. The third-order valence-electron chi connectivity index (χ3n) is 3.51. The summed E-state index contributed by atoms with van der Waals surface area (Å²) in [5.74, 6) is 1.42. The molecule has 4 heteroatoms. The summed E-state index contributed by atoms with van der Waals surface area (Å²) >= 11 is 0. The van der Waals surface area contributed by atoms with Crippen molar-refractivity contribution in [1.29, 1.82) is 0 Å². The number of aryl methyl sites for hydroxylation is 1. The maximum Gasteiger partial charge on any atom is 0.233 e. The molecule has 0 saturated carbocycles. The minimum absolute atomic E-state index is 0.605. The van der Waals surface area contributed by atoms with E-state index in [-0.39, 0.29) is 0 Å². The first kappa shape index (κ1) is 10.7. The maximum atomic E-state index is 4.45. The molecule has 2 aromatic rings. The number of rotatable bonds is 2. The van der Waals surface area contributed by atoms with Crippen LogP contribution in [0.4, 0.5) is 0 Å². The summed E-state index contributed by atoms with van der Waals surface area (Å²) in [4.78, 5) is 8.90. The quantitative estimate of drug-likeness (QED) is 0.854. The van der Waals surface area contributed by atoms with Crippen molar-refractivity contribution in [3.63, 3.8) is 0 Å². The molecule has 1 saturated heterocycles. The van der Waals surface area contributed by atoms with E-state index >= 15 is 0 Å². The van der Waals surface area contributed by atoms with Crippen molar-refractivity contribution in [2.45, 2.75) is 32.1 Å². The maximum absolute atomic E-state index is 4.45. The average Bonchev–Trinajstić information content (AvgIpc) is 2.81. The largest absolute Gasteiger partial charge is 0.316 e. The number of aromatic nitrogens is 3. The number of imidazole rings is 1. The Morgan fingerprint density at radius 3 is 3.18 bits per heavy atom. The monoisotopic (exact) mass is 230 g/mol. The summed E-state index contributed by atoms with van der Waals surface area (Å²) in [5, 5.41) is 3.45. The van der Waals surface area contributed by atoms with Gasteiger partial charge in [0, 0.05) is 25.1 Å². The number of nitrogens with one attached hydrogen (secondary N) is 1. The molecule has 4 nitrogen and oxygen atoms in total. The van der Waals surface area contributed by atoms with Gasteiger partial charge in [-0.1, -0.05) is 6.92 Å². The molecule has 0 bridgehead atoms. The minimum Gasteiger partial charge on any atom is -0.316 e. The lowest BCUT2D eigenvalue weighted by Crippen LogP contribution is -2.28. The van der Waals surface area contributed by atoms with E-state index in [2.05, 4.69) is 39.0 Å². The second kappa shape index (κ2) is 4.45. The Balaban J connectivity index is 1.94. The van der Waals surface area contributed by atoms with Crippen LogP contribution in [0.25, 0.3) is 5.78 Å². The van der Waals surface area contributed by atoms with E-state index in [1.165, 1.54) is 18.4 Å². The number of hydrogen-bond donors (Lipinski definition) is 1.